The predicted octanol–water partition coefficient (Wildman–Crippen LogP) is 1.27. The Morgan fingerprint density at radius 1 is 1.62 bits per heavy atom. The monoisotopic (exact) mass is 175 g/mol. The Bertz CT molecular complexity index is 473. The van der Waals surface area contributed by atoms with Crippen LogP contribution >= 0.6 is 0 Å². The van der Waals surface area contributed by atoms with Crippen LogP contribution in [0.25, 0.3) is 10.9 Å². The number of carbonyl (C=O) groups excluding carboxylic acids is 1. The van der Waals surface area contributed by atoms with E-state index < -0.39 is 6.03 Å². The lowest BCUT2D eigenvalue weighted by atomic mass is 10.2. The van der Waals surface area contributed by atoms with Gasteiger partial charge >= 0.3 is 6.03 Å². The van der Waals surface area contributed by atoms with Gasteiger partial charge in [0.2, 0.25) is 0 Å². The Labute approximate surface area is 75.0 Å². The van der Waals surface area contributed by atoms with E-state index in [9.17, 15) is 4.79 Å². The van der Waals surface area contributed by atoms with Crippen molar-refractivity contribution in [3.8, 4) is 0 Å². The molecule has 0 saturated carbocycles. The average molecular weight is 175 g/mol. The van der Waals surface area contributed by atoms with Crippen LogP contribution in [0.5, 0.6) is 0 Å². The summed E-state index contributed by atoms with van der Waals surface area (Å²) in [5.74, 6) is 0. The van der Waals surface area contributed by atoms with E-state index in [2.05, 4.69) is 4.98 Å². The highest BCUT2D eigenvalue weighted by atomic mass is 16.2. The van der Waals surface area contributed by atoms with Crippen molar-refractivity contribution in [2.45, 2.75) is 6.92 Å². The molecule has 66 valence electrons. The summed E-state index contributed by atoms with van der Waals surface area (Å²) >= 11 is 0. The summed E-state index contributed by atoms with van der Waals surface area (Å²) in [6.45, 7) is 1.92. The fraction of sp³-hybridized carbons (Fsp3) is 0.111. The summed E-state index contributed by atoms with van der Waals surface area (Å²) in [7, 11) is 0. The van der Waals surface area contributed by atoms with E-state index >= 15 is 0 Å². The van der Waals surface area contributed by atoms with Gasteiger partial charge in [-0.2, -0.15) is 0 Å². The summed E-state index contributed by atoms with van der Waals surface area (Å²) in [5.41, 5.74) is 7.00. The largest absolute Gasteiger partial charge is 0.351 e. The van der Waals surface area contributed by atoms with E-state index in [-0.39, 0.29) is 0 Å². The molecule has 0 saturated heterocycles. The summed E-state index contributed by atoms with van der Waals surface area (Å²) in [4.78, 5) is 15.0. The molecule has 2 aromatic rings. The molecule has 0 fully saturated rings. The Kier molecular flexibility index (Phi) is 1.55. The molecule has 0 aliphatic rings. The van der Waals surface area contributed by atoms with Crippen molar-refractivity contribution in [2.24, 2.45) is 5.73 Å². The zero-order valence-corrected chi connectivity index (χ0v) is 7.19. The highest BCUT2D eigenvalue weighted by Gasteiger charge is 2.07. The van der Waals surface area contributed by atoms with Gasteiger partial charge in [0.15, 0.2) is 0 Å². The molecule has 13 heavy (non-hydrogen) atoms. The topological polar surface area (TPSA) is 60.9 Å². The smallest absolute Gasteiger partial charge is 0.323 e. The lowest BCUT2D eigenvalue weighted by molar-refractivity contribution is 0.251. The Balaban J connectivity index is 2.85. The Morgan fingerprint density at radius 2 is 2.38 bits per heavy atom. The molecular weight excluding hydrogens is 166 g/mol. The van der Waals surface area contributed by atoms with Crippen LogP contribution in [0.4, 0.5) is 4.79 Å². The van der Waals surface area contributed by atoms with Gasteiger partial charge in [-0.1, -0.05) is 0 Å². The molecular formula is C9H9N3O. The van der Waals surface area contributed by atoms with Gasteiger partial charge in [0, 0.05) is 24.0 Å². The van der Waals surface area contributed by atoms with Gasteiger partial charge in [0.1, 0.15) is 0 Å². The van der Waals surface area contributed by atoms with E-state index in [1.54, 1.807) is 24.7 Å². The van der Waals surface area contributed by atoms with Crippen LogP contribution in [0.2, 0.25) is 0 Å². The molecule has 1 amide bonds. The average Bonchev–Trinajstić information content (AvgIpc) is 2.45. The number of primary amides is 1. The van der Waals surface area contributed by atoms with Crippen molar-refractivity contribution < 1.29 is 4.79 Å². The molecule has 0 bridgehead atoms. The number of aromatic nitrogens is 2. The maximum Gasteiger partial charge on any atom is 0.323 e. The van der Waals surface area contributed by atoms with E-state index in [0.29, 0.717) is 0 Å². The number of hydrogen-bond donors (Lipinski definition) is 1. The number of carbonyl (C=O) groups is 1. The molecule has 4 heteroatoms. The van der Waals surface area contributed by atoms with Crippen molar-refractivity contribution in [2.75, 3.05) is 0 Å². The van der Waals surface area contributed by atoms with Crippen LogP contribution in [-0.4, -0.2) is 15.6 Å². The van der Waals surface area contributed by atoms with Crippen LogP contribution < -0.4 is 5.73 Å². The summed E-state index contributed by atoms with van der Waals surface area (Å²) in [5, 5.41) is 0.960. The number of rotatable bonds is 0. The van der Waals surface area contributed by atoms with Crippen molar-refractivity contribution in [3.63, 3.8) is 0 Å². The number of nitrogens with zero attached hydrogens (tertiary/aromatic N) is 2. The highest BCUT2D eigenvalue weighted by Crippen LogP contribution is 2.18. The quantitative estimate of drug-likeness (QED) is 0.655. The first-order valence-corrected chi connectivity index (χ1v) is 3.91. The van der Waals surface area contributed by atoms with Gasteiger partial charge in [-0.15, -0.1) is 0 Å². The molecule has 0 spiro atoms. The van der Waals surface area contributed by atoms with Gasteiger partial charge in [-0.3, -0.25) is 9.55 Å². The van der Waals surface area contributed by atoms with Gasteiger partial charge in [0.25, 0.3) is 0 Å². The van der Waals surface area contributed by atoms with Gasteiger partial charge < -0.3 is 5.73 Å². The molecule has 0 radical (unpaired) electrons. The zero-order valence-electron chi connectivity index (χ0n) is 7.19. The van der Waals surface area contributed by atoms with E-state index in [1.165, 1.54) is 4.57 Å². The van der Waals surface area contributed by atoms with Crippen LogP contribution in [0.1, 0.15) is 5.56 Å². The number of pyridine rings is 1. The minimum atomic E-state index is -0.468. The lowest BCUT2D eigenvalue weighted by Crippen LogP contribution is -2.18. The van der Waals surface area contributed by atoms with Gasteiger partial charge in [-0.25, -0.2) is 4.79 Å². The first-order valence-electron chi connectivity index (χ1n) is 3.91. The van der Waals surface area contributed by atoms with Crippen LogP contribution in [0, 0.1) is 6.92 Å². The second kappa shape index (κ2) is 2.58. The summed E-state index contributed by atoms with van der Waals surface area (Å²) in [6, 6.07) is 1.30. The van der Waals surface area contributed by atoms with E-state index in [1.807, 2.05) is 6.92 Å². The zero-order chi connectivity index (χ0) is 9.42. The fourth-order valence-electron chi connectivity index (χ4n) is 1.42. The van der Waals surface area contributed by atoms with Crippen molar-refractivity contribution in [3.05, 3.63) is 30.2 Å². The van der Waals surface area contributed by atoms with E-state index in [0.717, 1.165) is 16.5 Å². The summed E-state index contributed by atoms with van der Waals surface area (Å²) in [6.07, 6.45) is 5.08. The minimum Gasteiger partial charge on any atom is -0.351 e. The number of aryl methyl sites for hydroxylation is 1. The van der Waals surface area contributed by atoms with Crippen LogP contribution in [0.3, 0.4) is 0 Å². The third-order valence-corrected chi connectivity index (χ3v) is 2.04. The van der Waals surface area contributed by atoms with Crippen molar-refractivity contribution in [1.82, 2.24) is 9.55 Å². The standard InChI is InChI=1S/C9H9N3O/c1-6-5-12(9(10)13)8-2-3-11-4-7(6)8/h2-5H,1H3,(H2,10,13). The molecule has 0 aliphatic heterocycles. The fourth-order valence-corrected chi connectivity index (χ4v) is 1.42. The van der Waals surface area contributed by atoms with Gasteiger partial charge in [-0.05, 0) is 18.6 Å². The lowest BCUT2D eigenvalue weighted by Gasteiger charge is -1.96. The van der Waals surface area contributed by atoms with Crippen LogP contribution in [0.15, 0.2) is 24.7 Å². The first-order chi connectivity index (χ1) is 6.20. The van der Waals surface area contributed by atoms with Gasteiger partial charge in [0.05, 0.1) is 5.52 Å². The molecule has 0 aliphatic carbocycles. The first kappa shape index (κ1) is 7.79. The van der Waals surface area contributed by atoms with Crippen molar-refractivity contribution >= 4 is 16.9 Å². The maximum atomic E-state index is 11.0. The number of amides is 1. The second-order valence-electron chi connectivity index (χ2n) is 2.91. The van der Waals surface area contributed by atoms with Crippen molar-refractivity contribution in [1.29, 1.82) is 0 Å². The normalized spacial score (nSPS) is 10.5. The Morgan fingerprint density at radius 3 is 3.08 bits per heavy atom. The number of nitrogens with two attached hydrogens (primary N) is 1. The third kappa shape index (κ3) is 1.07. The van der Waals surface area contributed by atoms with Crippen LogP contribution in [-0.2, 0) is 0 Å². The SMILES string of the molecule is Cc1cn(C(N)=O)c2ccncc12. The Hall–Kier alpha value is -1.84. The number of fused-ring (bicyclic) bond motifs is 1. The molecule has 2 aromatic heterocycles. The molecule has 2 N–H and O–H groups in total. The summed E-state index contributed by atoms with van der Waals surface area (Å²) < 4.78 is 1.42. The molecule has 2 rings (SSSR count). The number of hydrogen-bond acceptors (Lipinski definition) is 2. The molecule has 0 aromatic carbocycles. The maximum absolute atomic E-state index is 11.0. The second-order valence-corrected chi connectivity index (χ2v) is 2.91. The molecule has 4 nitrogen and oxygen atoms in total. The molecule has 0 atom stereocenters. The minimum absolute atomic E-state index is 0.468. The third-order valence-electron chi connectivity index (χ3n) is 2.04. The van der Waals surface area contributed by atoms with E-state index in [4.69, 9.17) is 5.73 Å². The predicted molar refractivity (Wildman–Crippen MR) is 49.5 cm³/mol. The molecule has 2 heterocycles. The molecule has 0 unspecified atom stereocenters. The highest BCUT2D eigenvalue weighted by molar-refractivity contribution is 5.92.